The van der Waals surface area contributed by atoms with Crippen LogP contribution in [0.5, 0.6) is 0 Å². The van der Waals surface area contributed by atoms with Gasteiger partial charge in [0.15, 0.2) is 11.9 Å². The van der Waals surface area contributed by atoms with E-state index in [0.29, 0.717) is 12.4 Å². The Bertz CT molecular complexity index is 922. The molecule has 0 bridgehead atoms. The lowest BCUT2D eigenvalue weighted by Gasteiger charge is -2.16. The molecule has 3 heterocycles. The van der Waals surface area contributed by atoms with Gasteiger partial charge >= 0.3 is 6.03 Å². The van der Waals surface area contributed by atoms with Crippen molar-refractivity contribution in [3.8, 4) is 0 Å². The highest BCUT2D eigenvalue weighted by atomic mass is 16.2. The van der Waals surface area contributed by atoms with Gasteiger partial charge in [-0.3, -0.25) is 15.4 Å². The summed E-state index contributed by atoms with van der Waals surface area (Å²) >= 11 is 0. The number of aromatic nitrogens is 1. The third kappa shape index (κ3) is 2.05. The quantitative estimate of drug-likeness (QED) is 0.834. The number of nitrogens with one attached hydrogen (secondary N) is 2. The number of benzene rings is 1. The fraction of sp³-hybridized carbons (Fsp3) is 0.125. The third-order valence-electron chi connectivity index (χ3n) is 3.82. The van der Waals surface area contributed by atoms with Crippen LogP contribution in [0.25, 0.3) is 10.9 Å². The van der Waals surface area contributed by atoms with E-state index in [0.717, 1.165) is 16.5 Å². The monoisotopic (exact) mass is 307 g/mol. The molecule has 7 nitrogen and oxygen atoms in total. The largest absolute Gasteiger partial charge is 0.343 e. The van der Waals surface area contributed by atoms with Crippen LogP contribution in [0.1, 0.15) is 5.56 Å². The molecule has 1 saturated heterocycles. The lowest BCUT2D eigenvalue weighted by atomic mass is 10.1. The van der Waals surface area contributed by atoms with Crippen LogP contribution in [0.15, 0.2) is 53.1 Å². The normalized spacial score (nSPS) is 19.7. The van der Waals surface area contributed by atoms with E-state index < -0.39 is 18.0 Å². The maximum absolute atomic E-state index is 11.9. The average molecular weight is 307 g/mol. The van der Waals surface area contributed by atoms with Crippen LogP contribution in [0.4, 0.5) is 4.79 Å². The standard InChI is InChI=1S/C16H13N5O2/c1-2-7-21-8-10(9-5-3-4-6-11(9)21)13-17-12-14(18-13)19-16(23)20-15(12)22/h2-6,8,12H,1,7H2,(H2,17,18,19,20,22,23)/t12-/m0/s1. The molecule has 0 aliphatic carbocycles. The van der Waals surface area contributed by atoms with E-state index in [2.05, 4.69) is 27.2 Å². The number of allylic oxidation sites excluding steroid dienone is 1. The molecule has 0 radical (unpaired) electrons. The van der Waals surface area contributed by atoms with Gasteiger partial charge in [-0.1, -0.05) is 24.3 Å². The minimum Gasteiger partial charge on any atom is -0.343 e. The lowest BCUT2D eigenvalue weighted by molar-refractivity contribution is -0.120. The van der Waals surface area contributed by atoms with Crippen molar-refractivity contribution in [2.75, 3.05) is 0 Å². The molecule has 1 aromatic carbocycles. The fourth-order valence-corrected chi connectivity index (χ4v) is 2.84. The first-order chi connectivity index (χ1) is 11.2. The number of carbonyl (C=O) groups excluding carboxylic acids is 2. The van der Waals surface area contributed by atoms with Crippen LogP contribution in [0.3, 0.4) is 0 Å². The molecule has 4 rings (SSSR count). The molecule has 0 spiro atoms. The van der Waals surface area contributed by atoms with Crippen LogP contribution in [-0.2, 0) is 11.3 Å². The van der Waals surface area contributed by atoms with E-state index in [1.165, 1.54) is 0 Å². The van der Waals surface area contributed by atoms with Crippen molar-refractivity contribution in [2.24, 2.45) is 9.98 Å². The number of fused-ring (bicyclic) bond motifs is 2. The minimum atomic E-state index is -0.788. The highest BCUT2D eigenvalue weighted by Gasteiger charge is 2.36. The van der Waals surface area contributed by atoms with Crippen molar-refractivity contribution in [3.63, 3.8) is 0 Å². The Morgan fingerprint density at radius 3 is 2.91 bits per heavy atom. The summed E-state index contributed by atoms with van der Waals surface area (Å²) in [6.45, 7) is 4.43. The molecule has 2 aromatic rings. The van der Waals surface area contributed by atoms with Gasteiger partial charge in [0.2, 0.25) is 0 Å². The van der Waals surface area contributed by atoms with Gasteiger partial charge in [0, 0.05) is 29.2 Å². The van der Waals surface area contributed by atoms with E-state index in [1.54, 1.807) is 0 Å². The number of aliphatic imine (C=N–C) groups is 2. The number of nitrogens with zero attached hydrogens (tertiary/aromatic N) is 3. The van der Waals surface area contributed by atoms with Crippen LogP contribution < -0.4 is 10.6 Å². The zero-order valence-electron chi connectivity index (χ0n) is 12.1. The first-order valence-corrected chi connectivity index (χ1v) is 7.15. The number of para-hydroxylation sites is 1. The third-order valence-corrected chi connectivity index (χ3v) is 3.82. The number of imide groups is 1. The topological polar surface area (TPSA) is 87.8 Å². The predicted octanol–water partition coefficient (Wildman–Crippen LogP) is 1.19. The van der Waals surface area contributed by atoms with E-state index >= 15 is 0 Å². The molecular formula is C16H13N5O2. The Balaban J connectivity index is 1.84. The number of rotatable bonds is 3. The molecule has 2 N–H and O–H groups in total. The molecule has 2 aliphatic rings. The smallest absolute Gasteiger partial charge is 0.326 e. The first-order valence-electron chi connectivity index (χ1n) is 7.15. The van der Waals surface area contributed by atoms with Crippen LogP contribution in [0.2, 0.25) is 0 Å². The maximum Gasteiger partial charge on any atom is 0.326 e. The molecule has 2 aliphatic heterocycles. The predicted molar refractivity (Wildman–Crippen MR) is 86.6 cm³/mol. The molecule has 23 heavy (non-hydrogen) atoms. The van der Waals surface area contributed by atoms with E-state index in [4.69, 9.17) is 0 Å². The molecule has 0 unspecified atom stereocenters. The molecule has 3 amide bonds. The summed E-state index contributed by atoms with van der Waals surface area (Å²) < 4.78 is 2.04. The average Bonchev–Trinajstić information content (AvgIpc) is 3.10. The van der Waals surface area contributed by atoms with Gasteiger partial charge in [0.05, 0.1) is 0 Å². The van der Waals surface area contributed by atoms with Gasteiger partial charge in [-0.2, -0.15) is 0 Å². The summed E-state index contributed by atoms with van der Waals surface area (Å²) in [5.41, 5.74) is 1.86. The van der Waals surface area contributed by atoms with E-state index in [-0.39, 0.29) is 5.84 Å². The van der Waals surface area contributed by atoms with Crippen molar-refractivity contribution >= 4 is 34.5 Å². The lowest BCUT2D eigenvalue weighted by Crippen LogP contribution is -2.57. The molecule has 7 heteroatoms. The second-order valence-electron chi connectivity index (χ2n) is 5.30. The number of amidine groups is 2. The van der Waals surface area contributed by atoms with Gasteiger partial charge in [-0.15, -0.1) is 6.58 Å². The summed E-state index contributed by atoms with van der Waals surface area (Å²) in [6, 6.07) is 6.52. The summed E-state index contributed by atoms with van der Waals surface area (Å²) in [7, 11) is 0. The number of carbonyl (C=O) groups is 2. The van der Waals surface area contributed by atoms with Crippen LogP contribution in [-0.4, -0.2) is 34.2 Å². The zero-order chi connectivity index (χ0) is 16.0. The fourth-order valence-electron chi connectivity index (χ4n) is 2.84. The van der Waals surface area contributed by atoms with Gasteiger partial charge in [0.1, 0.15) is 5.84 Å². The molecule has 0 saturated carbocycles. The number of hydrogen-bond donors (Lipinski definition) is 2. The van der Waals surface area contributed by atoms with Crippen molar-refractivity contribution in [1.82, 2.24) is 15.2 Å². The zero-order valence-corrected chi connectivity index (χ0v) is 12.1. The summed E-state index contributed by atoms with van der Waals surface area (Å²) in [5, 5.41) is 5.71. The van der Waals surface area contributed by atoms with Crippen molar-refractivity contribution in [2.45, 2.75) is 12.6 Å². The molecule has 1 fully saturated rings. The molecular weight excluding hydrogens is 294 g/mol. The molecule has 114 valence electrons. The molecule has 1 atom stereocenters. The Hall–Kier alpha value is -3.22. The Morgan fingerprint density at radius 2 is 2.09 bits per heavy atom. The number of hydrogen-bond acceptors (Lipinski definition) is 4. The highest BCUT2D eigenvalue weighted by Crippen LogP contribution is 2.25. The van der Waals surface area contributed by atoms with E-state index in [9.17, 15) is 9.59 Å². The number of amides is 3. The van der Waals surface area contributed by atoms with E-state index in [1.807, 2.05) is 41.1 Å². The summed E-state index contributed by atoms with van der Waals surface area (Å²) in [6.07, 6.45) is 3.75. The summed E-state index contributed by atoms with van der Waals surface area (Å²) in [5.74, 6) is 0.257. The van der Waals surface area contributed by atoms with Gasteiger partial charge in [0.25, 0.3) is 5.91 Å². The van der Waals surface area contributed by atoms with Crippen LogP contribution in [0, 0.1) is 0 Å². The van der Waals surface area contributed by atoms with Crippen molar-refractivity contribution in [3.05, 3.63) is 48.7 Å². The van der Waals surface area contributed by atoms with Crippen LogP contribution >= 0.6 is 0 Å². The second-order valence-corrected chi connectivity index (χ2v) is 5.30. The van der Waals surface area contributed by atoms with Gasteiger partial charge in [-0.05, 0) is 6.07 Å². The minimum absolute atomic E-state index is 0.273. The Labute approximate surface area is 131 Å². The Morgan fingerprint density at radius 1 is 1.26 bits per heavy atom. The summed E-state index contributed by atoms with van der Waals surface area (Å²) in [4.78, 5) is 31.9. The number of urea groups is 1. The maximum atomic E-state index is 11.9. The Kier molecular flexibility index (Phi) is 2.87. The second kappa shape index (κ2) is 4.91. The van der Waals surface area contributed by atoms with Gasteiger partial charge < -0.3 is 4.57 Å². The van der Waals surface area contributed by atoms with Crippen molar-refractivity contribution in [1.29, 1.82) is 0 Å². The SMILES string of the molecule is C=CCn1cc(C2=N[C@@H]3C(=O)NC(=O)NC3=N2)c2ccccc21. The first kappa shape index (κ1) is 13.4. The molecule has 1 aromatic heterocycles. The van der Waals surface area contributed by atoms with Crippen molar-refractivity contribution < 1.29 is 9.59 Å². The van der Waals surface area contributed by atoms with Gasteiger partial charge in [-0.25, -0.2) is 14.8 Å². The highest BCUT2D eigenvalue weighted by molar-refractivity contribution is 6.28.